The summed E-state index contributed by atoms with van der Waals surface area (Å²) >= 11 is 3.40. The molecular formula is C18H21BrN2O2. The van der Waals surface area contributed by atoms with Gasteiger partial charge in [0.2, 0.25) is 0 Å². The molecule has 0 aliphatic carbocycles. The van der Waals surface area contributed by atoms with Crippen molar-refractivity contribution in [3.63, 3.8) is 0 Å². The third-order valence-electron chi connectivity index (χ3n) is 3.39. The van der Waals surface area contributed by atoms with E-state index in [-0.39, 0.29) is 5.91 Å². The molecule has 1 N–H and O–H groups in total. The molecule has 0 atom stereocenters. The Kier molecular flexibility index (Phi) is 6.19. The minimum absolute atomic E-state index is 0.131. The highest BCUT2D eigenvalue weighted by Crippen LogP contribution is 2.22. The zero-order chi connectivity index (χ0) is 16.8. The Balaban J connectivity index is 1.99. The summed E-state index contributed by atoms with van der Waals surface area (Å²) in [5.74, 6) is 0.527. The van der Waals surface area contributed by atoms with Crippen molar-refractivity contribution in [3.05, 3.63) is 63.6 Å². The fourth-order valence-corrected chi connectivity index (χ4v) is 2.64. The smallest absolute Gasteiger partial charge is 0.252 e. The van der Waals surface area contributed by atoms with Crippen molar-refractivity contribution in [3.8, 4) is 5.75 Å². The first-order valence-corrected chi connectivity index (χ1v) is 8.13. The van der Waals surface area contributed by atoms with Gasteiger partial charge in [-0.15, -0.1) is 0 Å². The van der Waals surface area contributed by atoms with Crippen LogP contribution in [0.2, 0.25) is 0 Å². The van der Waals surface area contributed by atoms with E-state index in [1.54, 1.807) is 13.2 Å². The van der Waals surface area contributed by atoms with Crippen LogP contribution in [0.15, 0.2) is 46.9 Å². The molecule has 0 aliphatic rings. The van der Waals surface area contributed by atoms with E-state index in [1.807, 2.05) is 38.4 Å². The van der Waals surface area contributed by atoms with Gasteiger partial charge in [0.15, 0.2) is 0 Å². The fraction of sp³-hybridized carbons (Fsp3) is 0.278. The Morgan fingerprint density at radius 1 is 1.13 bits per heavy atom. The molecule has 2 aromatic carbocycles. The molecule has 5 heteroatoms. The van der Waals surface area contributed by atoms with Gasteiger partial charge in [-0.25, -0.2) is 0 Å². The summed E-state index contributed by atoms with van der Waals surface area (Å²) in [7, 11) is 5.67. The van der Waals surface area contributed by atoms with E-state index in [0.29, 0.717) is 17.9 Å². The average molecular weight is 377 g/mol. The maximum Gasteiger partial charge on any atom is 0.252 e. The number of hydrogen-bond donors (Lipinski definition) is 1. The van der Waals surface area contributed by atoms with Gasteiger partial charge in [0.05, 0.1) is 12.7 Å². The lowest BCUT2D eigenvalue weighted by Crippen LogP contribution is -2.23. The molecule has 23 heavy (non-hydrogen) atoms. The van der Waals surface area contributed by atoms with E-state index in [9.17, 15) is 4.79 Å². The van der Waals surface area contributed by atoms with Crippen molar-refractivity contribution >= 4 is 21.8 Å². The molecule has 2 aromatic rings. The number of nitrogens with zero attached hydrogens (tertiary/aromatic N) is 1. The van der Waals surface area contributed by atoms with Crippen molar-refractivity contribution in [2.45, 2.75) is 13.1 Å². The Labute approximate surface area is 145 Å². The lowest BCUT2D eigenvalue weighted by atomic mass is 10.1. The second kappa shape index (κ2) is 8.13. The third-order valence-corrected chi connectivity index (χ3v) is 4.08. The first kappa shape index (κ1) is 17.5. The first-order valence-electron chi connectivity index (χ1n) is 7.34. The molecule has 0 bridgehead atoms. The number of nitrogens with one attached hydrogen (secondary N) is 1. The molecular weight excluding hydrogens is 356 g/mol. The molecule has 0 aromatic heterocycles. The number of methoxy groups -OCH3 is 1. The van der Waals surface area contributed by atoms with Gasteiger partial charge >= 0.3 is 0 Å². The van der Waals surface area contributed by atoms with Crippen LogP contribution in [0.5, 0.6) is 5.75 Å². The molecule has 0 radical (unpaired) electrons. The molecule has 0 spiro atoms. The Morgan fingerprint density at radius 3 is 2.39 bits per heavy atom. The van der Waals surface area contributed by atoms with Crippen LogP contribution in [0.4, 0.5) is 0 Å². The van der Waals surface area contributed by atoms with Crippen LogP contribution in [-0.2, 0) is 13.1 Å². The maximum atomic E-state index is 12.3. The lowest BCUT2D eigenvalue weighted by Gasteiger charge is -2.11. The number of ether oxygens (including phenoxy) is 1. The van der Waals surface area contributed by atoms with Crippen LogP contribution < -0.4 is 10.1 Å². The van der Waals surface area contributed by atoms with E-state index in [2.05, 4.69) is 38.3 Å². The summed E-state index contributed by atoms with van der Waals surface area (Å²) < 4.78 is 5.91. The van der Waals surface area contributed by atoms with Crippen LogP contribution in [-0.4, -0.2) is 32.0 Å². The molecule has 0 fully saturated rings. The van der Waals surface area contributed by atoms with Gasteiger partial charge < -0.3 is 15.0 Å². The van der Waals surface area contributed by atoms with Gasteiger partial charge in [-0.1, -0.05) is 24.3 Å². The number of amides is 1. The van der Waals surface area contributed by atoms with Crippen molar-refractivity contribution in [2.75, 3.05) is 21.2 Å². The molecule has 0 aliphatic heterocycles. The van der Waals surface area contributed by atoms with E-state index in [4.69, 9.17) is 4.74 Å². The predicted molar refractivity (Wildman–Crippen MR) is 95.7 cm³/mol. The quantitative estimate of drug-likeness (QED) is 0.839. The number of benzene rings is 2. The number of halogens is 1. The molecule has 2 rings (SSSR count). The van der Waals surface area contributed by atoms with E-state index in [1.165, 1.54) is 5.56 Å². The van der Waals surface area contributed by atoms with Crippen LogP contribution >= 0.6 is 15.9 Å². The molecule has 4 nitrogen and oxygen atoms in total. The Morgan fingerprint density at radius 2 is 1.78 bits per heavy atom. The maximum absolute atomic E-state index is 12.3. The highest BCUT2D eigenvalue weighted by molar-refractivity contribution is 9.10. The summed E-state index contributed by atoms with van der Waals surface area (Å²) in [6.45, 7) is 1.40. The van der Waals surface area contributed by atoms with E-state index < -0.39 is 0 Å². The van der Waals surface area contributed by atoms with Crippen molar-refractivity contribution in [2.24, 2.45) is 0 Å². The normalized spacial score (nSPS) is 10.7. The fourth-order valence-electron chi connectivity index (χ4n) is 2.21. The van der Waals surface area contributed by atoms with Gasteiger partial charge in [-0.2, -0.15) is 0 Å². The zero-order valence-electron chi connectivity index (χ0n) is 13.6. The van der Waals surface area contributed by atoms with Gasteiger partial charge in [-0.3, -0.25) is 4.79 Å². The summed E-state index contributed by atoms with van der Waals surface area (Å²) in [6, 6.07) is 13.6. The highest BCUT2D eigenvalue weighted by atomic mass is 79.9. The first-order chi connectivity index (χ1) is 11.0. The molecule has 0 heterocycles. The van der Waals surface area contributed by atoms with Crippen LogP contribution in [0.25, 0.3) is 0 Å². The van der Waals surface area contributed by atoms with Crippen molar-refractivity contribution < 1.29 is 9.53 Å². The molecule has 1 amide bonds. The molecule has 0 unspecified atom stereocenters. The molecule has 0 saturated heterocycles. The van der Waals surface area contributed by atoms with Crippen molar-refractivity contribution in [1.29, 1.82) is 0 Å². The molecule has 0 saturated carbocycles. The van der Waals surface area contributed by atoms with Gasteiger partial charge in [0.25, 0.3) is 5.91 Å². The number of carbonyl (C=O) groups is 1. The Bertz CT molecular complexity index is 669. The number of carbonyl (C=O) groups excluding carboxylic acids is 1. The summed E-state index contributed by atoms with van der Waals surface area (Å²) in [4.78, 5) is 14.4. The summed E-state index contributed by atoms with van der Waals surface area (Å²) in [5, 5.41) is 2.93. The zero-order valence-corrected chi connectivity index (χ0v) is 15.2. The second-order valence-corrected chi connectivity index (χ2v) is 6.44. The SMILES string of the molecule is COc1ccc(Br)c(C(=O)NCc2ccc(CN(C)C)cc2)c1. The highest BCUT2D eigenvalue weighted by Gasteiger charge is 2.11. The van der Waals surface area contributed by atoms with Gasteiger partial charge in [-0.05, 0) is 59.4 Å². The largest absolute Gasteiger partial charge is 0.497 e. The average Bonchev–Trinajstić information content (AvgIpc) is 2.54. The Hall–Kier alpha value is -1.85. The number of hydrogen-bond acceptors (Lipinski definition) is 3. The van der Waals surface area contributed by atoms with Crippen molar-refractivity contribution in [1.82, 2.24) is 10.2 Å². The lowest BCUT2D eigenvalue weighted by molar-refractivity contribution is 0.0950. The topological polar surface area (TPSA) is 41.6 Å². The third kappa shape index (κ3) is 5.08. The molecule has 122 valence electrons. The van der Waals surface area contributed by atoms with E-state index >= 15 is 0 Å². The number of rotatable bonds is 6. The monoisotopic (exact) mass is 376 g/mol. The van der Waals surface area contributed by atoms with Gasteiger partial charge in [0.1, 0.15) is 5.75 Å². The van der Waals surface area contributed by atoms with Gasteiger partial charge in [0, 0.05) is 17.6 Å². The summed E-state index contributed by atoms with van der Waals surface area (Å²) in [6.07, 6.45) is 0. The standard InChI is InChI=1S/C18H21BrN2O2/c1-21(2)12-14-6-4-13(5-7-14)11-20-18(22)16-10-15(23-3)8-9-17(16)19/h4-10H,11-12H2,1-3H3,(H,20,22). The second-order valence-electron chi connectivity index (χ2n) is 5.58. The predicted octanol–water partition coefficient (Wildman–Crippen LogP) is 3.45. The van der Waals surface area contributed by atoms with Crippen LogP contribution in [0.1, 0.15) is 21.5 Å². The minimum atomic E-state index is -0.131. The van der Waals surface area contributed by atoms with Crippen LogP contribution in [0.3, 0.4) is 0 Å². The minimum Gasteiger partial charge on any atom is -0.497 e. The van der Waals surface area contributed by atoms with Crippen LogP contribution in [0, 0.1) is 0 Å². The van der Waals surface area contributed by atoms with E-state index in [0.717, 1.165) is 16.6 Å². The summed E-state index contributed by atoms with van der Waals surface area (Å²) in [5.41, 5.74) is 2.88.